The van der Waals surface area contributed by atoms with E-state index in [0.717, 1.165) is 25.3 Å². The highest BCUT2D eigenvalue weighted by Gasteiger charge is 2.32. The second-order valence-electron chi connectivity index (χ2n) is 5.71. The molecule has 2 atom stereocenters. The summed E-state index contributed by atoms with van der Waals surface area (Å²) in [6.45, 7) is 3.15. The molecule has 0 amide bonds. The molecule has 1 aliphatic heterocycles. The first-order chi connectivity index (χ1) is 8.11. The maximum atomic E-state index is 11.5. The molecule has 0 aromatic rings. The lowest BCUT2D eigenvalue weighted by Gasteiger charge is -2.26. The summed E-state index contributed by atoms with van der Waals surface area (Å²) in [7, 11) is -2.71. The van der Waals surface area contributed by atoms with E-state index in [2.05, 4.69) is 12.2 Å². The smallest absolute Gasteiger partial charge is 0.150 e. The lowest BCUT2D eigenvalue weighted by atomic mass is 9.89. The van der Waals surface area contributed by atoms with Crippen LogP contribution in [0, 0.1) is 11.8 Å². The zero-order chi connectivity index (χ0) is 12.3. The number of nitrogens with one attached hydrogen (secondary N) is 1. The summed E-state index contributed by atoms with van der Waals surface area (Å²) in [6, 6.07) is 0.556. The molecule has 2 aliphatic rings. The number of hydrogen-bond donors (Lipinski definition) is 1. The minimum absolute atomic E-state index is 0.407. The van der Waals surface area contributed by atoms with E-state index < -0.39 is 9.84 Å². The van der Waals surface area contributed by atoms with Crippen molar-refractivity contribution in [2.75, 3.05) is 18.1 Å². The monoisotopic (exact) mass is 259 g/mol. The van der Waals surface area contributed by atoms with E-state index in [4.69, 9.17) is 0 Å². The maximum absolute atomic E-state index is 11.5. The molecular formula is C13H25NO2S. The summed E-state index contributed by atoms with van der Waals surface area (Å²) in [5.74, 6) is 2.05. The van der Waals surface area contributed by atoms with E-state index in [1.165, 1.54) is 25.7 Å². The summed E-state index contributed by atoms with van der Waals surface area (Å²) in [4.78, 5) is 0. The van der Waals surface area contributed by atoms with Gasteiger partial charge in [0, 0.05) is 6.04 Å². The molecule has 0 radical (unpaired) electrons. The number of sulfone groups is 1. The molecule has 0 aromatic carbocycles. The van der Waals surface area contributed by atoms with E-state index in [1.807, 2.05) is 0 Å². The summed E-state index contributed by atoms with van der Waals surface area (Å²) >= 11 is 0. The second kappa shape index (κ2) is 5.70. The lowest BCUT2D eigenvalue weighted by Crippen LogP contribution is -2.37. The Balaban J connectivity index is 1.89. The quantitative estimate of drug-likeness (QED) is 0.821. The Morgan fingerprint density at radius 1 is 1.24 bits per heavy atom. The molecule has 0 spiro atoms. The molecule has 0 aromatic heterocycles. The number of hydrogen-bond acceptors (Lipinski definition) is 3. The van der Waals surface area contributed by atoms with Crippen LogP contribution in [0.15, 0.2) is 0 Å². The van der Waals surface area contributed by atoms with Crippen LogP contribution in [0.5, 0.6) is 0 Å². The molecule has 2 fully saturated rings. The van der Waals surface area contributed by atoms with Crippen molar-refractivity contribution >= 4 is 9.84 Å². The van der Waals surface area contributed by atoms with Gasteiger partial charge in [0.05, 0.1) is 11.5 Å². The number of rotatable bonds is 5. The predicted octanol–water partition coefficient (Wildman–Crippen LogP) is 1.98. The van der Waals surface area contributed by atoms with Gasteiger partial charge in [0.25, 0.3) is 0 Å². The highest BCUT2D eigenvalue weighted by Crippen LogP contribution is 2.32. The van der Waals surface area contributed by atoms with Crippen molar-refractivity contribution < 1.29 is 8.42 Å². The molecule has 0 bridgehead atoms. The van der Waals surface area contributed by atoms with E-state index in [9.17, 15) is 8.42 Å². The first kappa shape index (κ1) is 13.3. The van der Waals surface area contributed by atoms with Gasteiger partial charge in [-0.25, -0.2) is 8.42 Å². The summed E-state index contributed by atoms with van der Waals surface area (Å²) < 4.78 is 23.0. The minimum atomic E-state index is -2.71. The topological polar surface area (TPSA) is 46.2 Å². The van der Waals surface area contributed by atoms with Crippen molar-refractivity contribution in [2.45, 2.75) is 51.5 Å². The first-order valence-electron chi connectivity index (χ1n) is 7.04. The maximum Gasteiger partial charge on any atom is 0.150 e. The third kappa shape index (κ3) is 3.68. The molecule has 2 unspecified atom stereocenters. The Kier molecular flexibility index (Phi) is 4.47. The van der Waals surface area contributed by atoms with E-state index in [1.54, 1.807) is 0 Å². The Morgan fingerprint density at radius 3 is 2.47 bits per heavy atom. The van der Waals surface area contributed by atoms with Gasteiger partial charge < -0.3 is 5.32 Å². The Labute approximate surface area is 105 Å². The lowest BCUT2D eigenvalue weighted by molar-refractivity contribution is 0.307. The van der Waals surface area contributed by atoms with Crippen LogP contribution in [0.4, 0.5) is 0 Å². The molecule has 1 saturated heterocycles. The fourth-order valence-electron chi connectivity index (χ4n) is 3.48. The van der Waals surface area contributed by atoms with Gasteiger partial charge in [-0.15, -0.1) is 0 Å². The fraction of sp³-hybridized carbons (Fsp3) is 1.00. The van der Waals surface area contributed by atoms with Crippen LogP contribution in [0.2, 0.25) is 0 Å². The van der Waals surface area contributed by atoms with Crippen molar-refractivity contribution in [1.29, 1.82) is 0 Å². The molecule has 4 heteroatoms. The SMILES string of the molecule is CCNC(CC1CCS(=O)(=O)C1)C1CCCC1. The van der Waals surface area contributed by atoms with Crippen LogP contribution in [0.1, 0.15) is 45.4 Å². The largest absolute Gasteiger partial charge is 0.314 e. The zero-order valence-corrected chi connectivity index (χ0v) is 11.6. The average Bonchev–Trinajstić information content (AvgIpc) is 2.87. The van der Waals surface area contributed by atoms with Crippen LogP contribution >= 0.6 is 0 Å². The van der Waals surface area contributed by atoms with Crippen molar-refractivity contribution in [3.8, 4) is 0 Å². The van der Waals surface area contributed by atoms with Gasteiger partial charge in [-0.1, -0.05) is 19.8 Å². The third-order valence-corrected chi connectivity index (χ3v) is 6.19. The van der Waals surface area contributed by atoms with Gasteiger partial charge in [0.2, 0.25) is 0 Å². The Morgan fingerprint density at radius 2 is 1.94 bits per heavy atom. The second-order valence-corrected chi connectivity index (χ2v) is 7.94. The summed E-state index contributed by atoms with van der Waals surface area (Å²) in [6.07, 6.45) is 7.33. The molecule has 17 heavy (non-hydrogen) atoms. The van der Waals surface area contributed by atoms with Gasteiger partial charge in [0.1, 0.15) is 0 Å². The molecule has 1 aliphatic carbocycles. The highest BCUT2D eigenvalue weighted by molar-refractivity contribution is 7.91. The molecule has 1 N–H and O–H groups in total. The first-order valence-corrected chi connectivity index (χ1v) is 8.86. The van der Waals surface area contributed by atoms with E-state index in [0.29, 0.717) is 23.5 Å². The average molecular weight is 259 g/mol. The van der Waals surface area contributed by atoms with Crippen LogP contribution in [-0.4, -0.2) is 32.5 Å². The van der Waals surface area contributed by atoms with Gasteiger partial charge >= 0.3 is 0 Å². The summed E-state index contributed by atoms with van der Waals surface area (Å²) in [5.41, 5.74) is 0. The highest BCUT2D eigenvalue weighted by atomic mass is 32.2. The fourth-order valence-corrected chi connectivity index (χ4v) is 5.36. The van der Waals surface area contributed by atoms with E-state index in [-0.39, 0.29) is 0 Å². The van der Waals surface area contributed by atoms with Gasteiger partial charge in [-0.2, -0.15) is 0 Å². The van der Waals surface area contributed by atoms with E-state index >= 15 is 0 Å². The molecule has 100 valence electrons. The standard InChI is InChI=1S/C13H25NO2S/c1-2-14-13(12-5-3-4-6-12)9-11-7-8-17(15,16)10-11/h11-14H,2-10H2,1H3. The van der Waals surface area contributed by atoms with Gasteiger partial charge in [0.15, 0.2) is 9.84 Å². The van der Waals surface area contributed by atoms with Crippen LogP contribution in [0.3, 0.4) is 0 Å². The predicted molar refractivity (Wildman–Crippen MR) is 70.8 cm³/mol. The van der Waals surface area contributed by atoms with Crippen molar-refractivity contribution in [3.05, 3.63) is 0 Å². The zero-order valence-electron chi connectivity index (χ0n) is 10.8. The van der Waals surface area contributed by atoms with Gasteiger partial charge in [-0.3, -0.25) is 0 Å². The Bertz CT molecular complexity index is 333. The molecule has 1 heterocycles. The van der Waals surface area contributed by atoms with Crippen LogP contribution in [0.25, 0.3) is 0 Å². The molecule has 2 rings (SSSR count). The van der Waals surface area contributed by atoms with Gasteiger partial charge in [-0.05, 0) is 44.1 Å². The molecule has 3 nitrogen and oxygen atoms in total. The summed E-state index contributed by atoms with van der Waals surface area (Å²) in [5, 5.41) is 3.58. The van der Waals surface area contributed by atoms with Crippen molar-refractivity contribution in [1.82, 2.24) is 5.32 Å². The molecule has 1 saturated carbocycles. The molecular weight excluding hydrogens is 234 g/mol. The minimum Gasteiger partial charge on any atom is -0.314 e. The van der Waals surface area contributed by atoms with Crippen LogP contribution < -0.4 is 5.32 Å². The van der Waals surface area contributed by atoms with Crippen molar-refractivity contribution in [3.63, 3.8) is 0 Å². The Hall–Kier alpha value is -0.0900. The normalized spacial score (nSPS) is 30.8. The van der Waals surface area contributed by atoms with Crippen LogP contribution in [-0.2, 0) is 9.84 Å². The third-order valence-electron chi connectivity index (χ3n) is 4.35. The van der Waals surface area contributed by atoms with Crippen molar-refractivity contribution in [2.24, 2.45) is 11.8 Å².